The molecule has 0 amide bonds. The highest BCUT2D eigenvalue weighted by atomic mass is 35.5. The van der Waals surface area contributed by atoms with Gasteiger partial charge in [0, 0.05) is 11.1 Å². The third kappa shape index (κ3) is 3.64. The molecule has 4 nitrogen and oxygen atoms in total. The van der Waals surface area contributed by atoms with Gasteiger partial charge in [-0.3, -0.25) is 0 Å². The van der Waals surface area contributed by atoms with Crippen molar-refractivity contribution in [2.24, 2.45) is 5.14 Å². The zero-order chi connectivity index (χ0) is 19.1. The van der Waals surface area contributed by atoms with E-state index in [4.69, 9.17) is 21.2 Å². The number of oxazole rings is 1. The summed E-state index contributed by atoms with van der Waals surface area (Å²) in [5, 5.41) is 4.98. The van der Waals surface area contributed by atoms with Gasteiger partial charge < -0.3 is 4.42 Å². The van der Waals surface area contributed by atoms with E-state index in [2.05, 4.69) is 4.98 Å². The molecule has 10 heteroatoms. The van der Waals surface area contributed by atoms with E-state index in [9.17, 15) is 21.8 Å². The minimum Gasteiger partial charge on any atom is -0.432 e. The predicted molar refractivity (Wildman–Crippen MR) is 87.9 cm³/mol. The largest absolute Gasteiger partial charge is 0.468 e. The van der Waals surface area contributed by atoms with Gasteiger partial charge >= 0.3 is 12.1 Å². The lowest BCUT2D eigenvalue weighted by atomic mass is 10.1. The fourth-order valence-corrected chi connectivity index (χ4v) is 2.80. The first-order valence-electron chi connectivity index (χ1n) is 6.97. The average Bonchev–Trinajstić information content (AvgIpc) is 3.03. The van der Waals surface area contributed by atoms with Crippen LogP contribution in [-0.2, 0) is 17.2 Å². The summed E-state index contributed by atoms with van der Waals surface area (Å²) in [5.41, 5.74) is 0.282. The molecule has 0 aliphatic carbocycles. The molecular weight excluding hydrogens is 396 g/mol. The Bertz CT molecular complexity index is 987. The third-order valence-corrected chi connectivity index (χ3v) is 4.44. The van der Waals surface area contributed by atoms with E-state index in [1.165, 1.54) is 30.3 Å². The lowest BCUT2D eigenvalue weighted by Crippen LogP contribution is -2.04. The maximum atomic E-state index is 13.4. The molecule has 136 valence electrons. The monoisotopic (exact) mass is 404 g/mol. The van der Waals surface area contributed by atoms with Crippen molar-refractivity contribution >= 4 is 22.6 Å². The molecule has 1 atom stereocenters. The SMILES string of the molecule is NS(=O)c1ccc(-c2nc(C(F)(F)F)oc2-c2ccc(F)c(Cl)c2)cc1. The number of hydrogen-bond donors (Lipinski definition) is 1. The normalized spacial score (nSPS) is 13.0. The van der Waals surface area contributed by atoms with Gasteiger partial charge in [-0.05, 0) is 30.3 Å². The number of nitrogens with zero attached hydrogens (tertiary/aromatic N) is 1. The van der Waals surface area contributed by atoms with Gasteiger partial charge in [0.05, 0.1) is 9.92 Å². The summed E-state index contributed by atoms with van der Waals surface area (Å²) in [7, 11) is -1.73. The number of alkyl halides is 3. The zero-order valence-corrected chi connectivity index (χ0v) is 14.3. The maximum absolute atomic E-state index is 13.4. The molecule has 2 N–H and O–H groups in total. The first kappa shape index (κ1) is 18.6. The summed E-state index contributed by atoms with van der Waals surface area (Å²) in [4.78, 5) is 3.81. The van der Waals surface area contributed by atoms with E-state index in [0.717, 1.165) is 12.1 Å². The number of aromatic nitrogens is 1. The minimum atomic E-state index is -4.81. The highest BCUT2D eigenvalue weighted by Crippen LogP contribution is 2.39. The van der Waals surface area contributed by atoms with Crippen LogP contribution in [0.15, 0.2) is 51.8 Å². The van der Waals surface area contributed by atoms with Gasteiger partial charge in [0.2, 0.25) is 0 Å². The Morgan fingerprint density at radius 2 is 1.69 bits per heavy atom. The van der Waals surface area contributed by atoms with Gasteiger partial charge in [-0.15, -0.1) is 0 Å². The molecule has 0 fully saturated rings. The number of benzene rings is 2. The molecule has 2 aromatic carbocycles. The van der Waals surface area contributed by atoms with E-state index in [-0.39, 0.29) is 27.6 Å². The highest BCUT2D eigenvalue weighted by molar-refractivity contribution is 7.82. The molecule has 3 rings (SSSR count). The second-order valence-corrected chi connectivity index (χ2v) is 6.62. The third-order valence-electron chi connectivity index (χ3n) is 3.41. The fraction of sp³-hybridized carbons (Fsp3) is 0.0625. The van der Waals surface area contributed by atoms with Crippen LogP contribution in [-0.4, -0.2) is 9.19 Å². The molecular formula is C16H9ClF4N2O2S. The number of halogens is 5. The van der Waals surface area contributed by atoms with Crippen LogP contribution in [0.5, 0.6) is 0 Å². The predicted octanol–water partition coefficient (Wildman–Crippen LogP) is 4.80. The maximum Gasteiger partial charge on any atom is 0.468 e. The van der Waals surface area contributed by atoms with Crippen molar-refractivity contribution in [2.75, 3.05) is 0 Å². The fourth-order valence-electron chi connectivity index (χ4n) is 2.22. The molecule has 0 bridgehead atoms. The summed E-state index contributed by atoms with van der Waals surface area (Å²) in [6.45, 7) is 0. The Hall–Kier alpha value is -2.23. The quantitative estimate of drug-likeness (QED) is 0.637. The molecule has 0 saturated carbocycles. The van der Waals surface area contributed by atoms with Gasteiger partial charge in [-0.1, -0.05) is 23.7 Å². The molecule has 3 aromatic rings. The summed E-state index contributed by atoms with van der Waals surface area (Å²) >= 11 is 5.71. The Morgan fingerprint density at radius 3 is 2.23 bits per heavy atom. The summed E-state index contributed by atoms with van der Waals surface area (Å²) < 4.78 is 68.6. The molecule has 0 aliphatic heterocycles. The van der Waals surface area contributed by atoms with Crippen molar-refractivity contribution in [3.05, 3.63) is 59.2 Å². The van der Waals surface area contributed by atoms with Gasteiger partial charge in [0.1, 0.15) is 22.5 Å². The van der Waals surface area contributed by atoms with E-state index >= 15 is 0 Å². The second kappa shape index (κ2) is 6.82. The molecule has 1 aromatic heterocycles. The van der Waals surface area contributed by atoms with Crippen molar-refractivity contribution in [3.8, 4) is 22.6 Å². The summed E-state index contributed by atoms with van der Waals surface area (Å²) in [5.74, 6) is -2.39. The lowest BCUT2D eigenvalue weighted by Gasteiger charge is -2.04. The highest BCUT2D eigenvalue weighted by Gasteiger charge is 2.39. The minimum absolute atomic E-state index is 0.116. The van der Waals surface area contributed by atoms with Gasteiger partial charge in [-0.2, -0.15) is 13.2 Å². The first-order valence-corrected chi connectivity index (χ1v) is 8.56. The molecule has 0 spiro atoms. The molecule has 1 heterocycles. The molecule has 0 aliphatic rings. The number of nitrogens with two attached hydrogens (primary N) is 1. The van der Waals surface area contributed by atoms with Crippen LogP contribution in [0.3, 0.4) is 0 Å². The van der Waals surface area contributed by atoms with Crippen LogP contribution in [0, 0.1) is 5.82 Å². The van der Waals surface area contributed by atoms with Crippen molar-refractivity contribution in [1.82, 2.24) is 4.98 Å². The van der Waals surface area contributed by atoms with E-state index in [1.54, 1.807) is 0 Å². The van der Waals surface area contributed by atoms with Gasteiger partial charge in [-0.25, -0.2) is 18.7 Å². The Labute approximate surface area is 152 Å². The van der Waals surface area contributed by atoms with Crippen molar-refractivity contribution in [1.29, 1.82) is 0 Å². The Balaban J connectivity index is 2.18. The van der Waals surface area contributed by atoms with Crippen LogP contribution >= 0.6 is 11.6 Å². The Kier molecular flexibility index (Phi) is 4.87. The molecule has 0 radical (unpaired) electrons. The average molecular weight is 405 g/mol. The number of rotatable bonds is 3. The smallest absolute Gasteiger partial charge is 0.432 e. The molecule has 26 heavy (non-hydrogen) atoms. The van der Waals surface area contributed by atoms with Gasteiger partial charge in [0.25, 0.3) is 0 Å². The van der Waals surface area contributed by atoms with Crippen LogP contribution in [0.2, 0.25) is 5.02 Å². The number of hydrogen-bond acceptors (Lipinski definition) is 3. The van der Waals surface area contributed by atoms with Gasteiger partial charge in [0.15, 0.2) is 5.76 Å². The zero-order valence-electron chi connectivity index (χ0n) is 12.7. The van der Waals surface area contributed by atoms with Crippen molar-refractivity contribution < 1.29 is 26.2 Å². The van der Waals surface area contributed by atoms with E-state index in [1.807, 2.05) is 0 Å². The lowest BCUT2D eigenvalue weighted by molar-refractivity contribution is -0.156. The van der Waals surface area contributed by atoms with Crippen LogP contribution < -0.4 is 5.14 Å². The summed E-state index contributed by atoms with van der Waals surface area (Å²) in [6.07, 6.45) is -4.81. The topological polar surface area (TPSA) is 69.1 Å². The van der Waals surface area contributed by atoms with Crippen LogP contribution in [0.25, 0.3) is 22.6 Å². The first-order chi connectivity index (χ1) is 12.2. The van der Waals surface area contributed by atoms with E-state index < -0.39 is 28.9 Å². The molecule has 1 unspecified atom stereocenters. The Morgan fingerprint density at radius 1 is 1.08 bits per heavy atom. The van der Waals surface area contributed by atoms with E-state index in [0.29, 0.717) is 4.90 Å². The summed E-state index contributed by atoms with van der Waals surface area (Å²) in [6, 6.07) is 9.00. The molecule has 0 saturated heterocycles. The second-order valence-electron chi connectivity index (χ2n) is 5.15. The van der Waals surface area contributed by atoms with Crippen molar-refractivity contribution in [3.63, 3.8) is 0 Å². The standard InChI is InChI=1S/C16H9ClF4N2O2S/c17-11-7-9(3-6-12(11)18)14-13(23-15(25-14)16(19,20)21)8-1-4-10(5-2-8)26(22)24/h1-7H,22H2. The van der Waals surface area contributed by atoms with Crippen molar-refractivity contribution in [2.45, 2.75) is 11.1 Å². The van der Waals surface area contributed by atoms with Crippen LogP contribution in [0.1, 0.15) is 5.89 Å². The van der Waals surface area contributed by atoms with Crippen LogP contribution in [0.4, 0.5) is 17.6 Å².